The largest absolute Gasteiger partial charge is 0.416 e. The van der Waals surface area contributed by atoms with Crippen molar-refractivity contribution in [1.82, 2.24) is 10.3 Å². The molecule has 0 unspecified atom stereocenters. The van der Waals surface area contributed by atoms with Crippen LogP contribution in [0.25, 0.3) is 10.8 Å². The molecule has 2 amide bonds. The molecule has 4 nitrogen and oxygen atoms in total. The van der Waals surface area contributed by atoms with Crippen molar-refractivity contribution in [2.24, 2.45) is 0 Å². The minimum absolute atomic E-state index is 0.133. The number of benzene rings is 2. The Bertz CT molecular complexity index is 1050. The zero-order chi connectivity index (χ0) is 23.0. The van der Waals surface area contributed by atoms with E-state index < -0.39 is 17.8 Å². The maximum Gasteiger partial charge on any atom is 0.416 e. The second-order valence-electron chi connectivity index (χ2n) is 7.44. The highest BCUT2D eigenvalue weighted by Gasteiger charge is 2.31. The van der Waals surface area contributed by atoms with Crippen molar-refractivity contribution in [2.75, 3.05) is 11.1 Å². The van der Waals surface area contributed by atoms with Gasteiger partial charge in [0.25, 0.3) is 0 Å². The van der Waals surface area contributed by atoms with Crippen LogP contribution >= 0.6 is 11.8 Å². The van der Waals surface area contributed by atoms with Gasteiger partial charge in [-0.05, 0) is 42.0 Å². The fraction of sp³-hybridized carbons (Fsp3) is 0.333. The molecular formula is C24H26F3N3OS. The van der Waals surface area contributed by atoms with Gasteiger partial charge in [0.1, 0.15) is 0 Å². The van der Waals surface area contributed by atoms with Crippen LogP contribution in [0.3, 0.4) is 0 Å². The Morgan fingerprint density at radius 3 is 2.72 bits per heavy atom. The van der Waals surface area contributed by atoms with Crippen LogP contribution in [0.2, 0.25) is 0 Å². The lowest BCUT2D eigenvalue weighted by Crippen LogP contribution is -2.28. The van der Waals surface area contributed by atoms with Gasteiger partial charge in [0.15, 0.2) is 0 Å². The Morgan fingerprint density at radius 1 is 1.09 bits per heavy atom. The number of amides is 2. The molecule has 0 bridgehead atoms. The summed E-state index contributed by atoms with van der Waals surface area (Å²) in [6.07, 6.45) is 3.18. The van der Waals surface area contributed by atoms with E-state index in [1.165, 1.54) is 23.9 Å². The lowest BCUT2D eigenvalue weighted by Gasteiger charge is -2.15. The van der Waals surface area contributed by atoms with Crippen LogP contribution in [0, 0.1) is 0 Å². The van der Waals surface area contributed by atoms with Gasteiger partial charge in [-0.25, -0.2) is 4.79 Å². The second-order valence-corrected chi connectivity index (χ2v) is 8.58. The molecule has 8 heteroatoms. The van der Waals surface area contributed by atoms with Crippen LogP contribution in [-0.4, -0.2) is 16.8 Å². The summed E-state index contributed by atoms with van der Waals surface area (Å²) in [5, 5.41) is 7.33. The molecule has 1 aromatic heterocycles. The van der Waals surface area contributed by atoms with Gasteiger partial charge >= 0.3 is 12.2 Å². The molecule has 0 atom stereocenters. The number of hydrogen-bond acceptors (Lipinski definition) is 3. The van der Waals surface area contributed by atoms with Crippen molar-refractivity contribution in [3.05, 3.63) is 66.0 Å². The van der Waals surface area contributed by atoms with Gasteiger partial charge in [0.2, 0.25) is 0 Å². The summed E-state index contributed by atoms with van der Waals surface area (Å²) in [7, 11) is 0. The number of fused-ring (bicyclic) bond motifs is 1. The molecule has 0 saturated heterocycles. The van der Waals surface area contributed by atoms with Crippen molar-refractivity contribution in [1.29, 1.82) is 0 Å². The molecule has 0 aliphatic carbocycles. The Morgan fingerprint density at radius 2 is 1.94 bits per heavy atom. The number of halogens is 3. The number of urea groups is 1. The Hall–Kier alpha value is -2.74. The Balaban J connectivity index is 1.67. The van der Waals surface area contributed by atoms with Gasteiger partial charge in [-0.15, -0.1) is 11.8 Å². The highest BCUT2D eigenvalue weighted by atomic mass is 32.2. The van der Waals surface area contributed by atoms with Gasteiger partial charge in [-0.1, -0.05) is 44.4 Å². The van der Waals surface area contributed by atoms with Crippen molar-refractivity contribution in [3.63, 3.8) is 0 Å². The number of pyridine rings is 1. The first-order chi connectivity index (χ1) is 15.4. The van der Waals surface area contributed by atoms with Gasteiger partial charge < -0.3 is 10.6 Å². The van der Waals surface area contributed by atoms with Gasteiger partial charge in [0, 0.05) is 34.6 Å². The summed E-state index contributed by atoms with van der Waals surface area (Å²) in [6.45, 7) is 2.25. The summed E-state index contributed by atoms with van der Waals surface area (Å²) >= 11 is 1.41. The van der Waals surface area contributed by atoms with E-state index in [0.29, 0.717) is 16.1 Å². The van der Waals surface area contributed by atoms with E-state index >= 15 is 0 Å². The van der Waals surface area contributed by atoms with Crippen LogP contribution in [0.5, 0.6) is 0 Å². The van der Waals surface area contributed by atoms with Crippen LogP contribution in [0.15, 0.2) is 59.8 Å². The minimum atomic E-state index is -4.40. The van der Waals surface area contributed by atoms with Crippen LogP contribution < -0.4 is 10.6 Å². The summed E-state index contributed by atoms with van der Waals surface area (Å²) in [5.74, 6) is 0.741. The van der Waals surface area contributed by atoms with E-state index in [-0.39, 0.29) is 6.54 Å². The maximum absolute atomic E-state index is 13.2. The molecule has 3 aromatic rings. The first-order valence-corrected chi connectivity index (χ1v) is 11.6. The molecule has 0 radical (unpaired) electrons. The summed E-state index contributed by atoms with van der Waals surface area (Å²) in [4.78, 5) is 17.1. The highest BCUT2D eigenvalue weighted by molar-refractivity contribution is 7.99. The molecular weight excluding hydrogens is 435 g/mol. The predicted molar refractivity (Wildman–Crippen MR) is 124 cm³/mol. The van der Waals surface area contributed by atoms with E-state index in [2.05, 4.69) is 22.5 Å². The fourth-order valence-electron chi connectivity index (χ4n) is 3.30. The number of carbonyl (C=O) groups excluding carboxylic acids is 1. The number of alkyl halides is 3. The van der Waals surface area contributed by atoms with E-state index in [1.807, 2.05) is 18.2 Å². The van der Waals surface area contributed by atoms with Crippen LogP contribution in [-0.2, 0) is 12.7 Å². The second kappa shape index (κ2) is 11.2. The van der Waals surface area contributed by atoms with Crippen molar-refractivity contribution >= 4 is 34.3 Å². The Labute approximate surface area is 190 Å². The third kappa shape index (κ3) is 6.63. The summed E-state index contributed by atoms with van der Waals surface area (Å²) < 4.78 is 39.5. The first kappa shape index (κ1) is 23.9. The molecule has 1 heterocycles. The zero-order valence-corrected chi connectivity index (χ0v) is 18.7. The minimum Gasteiger partial charge on any atom is -0.334 e. The lowest BCUT2D eigenvalue weighted by atomic mass is 10.1. The molecule has 170 valence electrons. The first-order valence-electron chi connectivity index (χ1n) is 10.6. The Kier molecular flexibility index (Phi) is 8.39. The average Bonchev–Trinajstić information content (AvgIpc) is 2.77. The van der Waals surface area contributed by atoms with Gasteiger partial charge in [0.05, 0.1) is 11.3 Å². The van der Waals surface area contributed by atoms with E-state index in [4.69, 9.17) is 0 Å². The number of hydrogen-bond donors (Lipinski definition) is 2. The number of anilines is 1. The van der Waals surface area contributed by atoms with Crippen molar-refractivity contribution in [2.45, 2.75) is 50.2 Å². The molecule has 2 N–H and O–H groups in total. The van der Waals surface area contributed by atoms with Crippen LogP contribution in [0.4, 0.5) is 23.7 Å². The zero-order valence-electron chi connectivity index (χ0n) is 17.8. The monoisotopic (exact) mass is 461 g/mol. The number of carbonyl (C=O) groups is 1. The number of nitrogens with one attached hydrogen (secondary N) is 2. The van der Waals surface area contributed by atoms with Crippen molar-refractivity contribution < 1.29 is 18.0 Å². The maximum atomic E-state index is 13.2. The highest BCUT2D eigenvalue weighted by Crippen LogP contribution is 2.34. The molecule has 2 aromatic carbocycles. The van der Waals surface area contributed by atoms with Crippen LogP contribution in [0.1, 0.15) is 43.7 Å². The quantitative estimate of drug-likeness (QED) is 0.261. The molecule has 0 aliphatic heterocycles. The van der Waals surface area contributed by atoms with Crippen molar-refractivity contribution in [3.8, 4) is 0 Å². The third-order valence-corrected chi connectivity index (χ3v) is 6.20. The topological polar surface area (TPSA) is 54.0 Å². The summed E-state index contributed by atoms with van der Waals surface area (Å²) in [6, 6.07) is 10.6. The summed E-state index contributed by atoms with van der Waals surface area (Å²) in [5.41, 5.74) is 0.627. The van der Waals surface area contributed by atoms with Gasteiger partial charge in [-0.2, -0.15) is 13.2 Å². The number of thioether (sulfide) groups is 1. The SMILES string of the molecule is CCCCCCSc1cc(C(F)(F)F)ccc1CNC(=O)Nc1cccc2cnccc12. The molecule has 32 heavy (non-hydrogen) atoms. The smallest absolute Gasteiger partial charge is 0.334 e. The molecule has 0 aliphatic rings. The third-order valence-electron chi connectivity index (χ3n) is 5.02. The molecule has 0 fully saturated rings. The molecule has 0 spiro atoms. The number of unbranched alkanes of at least 4 members (excludes halogenated alkanes) is 3. The average molecular weight is 462 g/mol. The predicted octanol–water partition coefficient (Wildman–Crippen LogP) is 7.25. The van der Waals surface area contributed by atoms with E-state index in [0.717, 1.165) is 48.3 Å². The standard InChI is InChI=1S/C24H26F3N3OS/c1-2-3-4-5-13-32-22-14-19(24(25,26)27)10-9-18(22)16-29-23(31)30-21-8-6-7-17-15-28-12-11-20(17)21/h6-12,14-15H,2-5,13,16H2,1H3,(H2,29,30,31). The molecule has 3 rings (SSSR count). The van der Waals surface area contributed by atoms with E-state index in [1.54, 1.807) is 18.5 Å². The number of aromatic nitrogens is 1. The van der Waals surface area contributed by atoms with E-state index in [9.17, 15) is 18.0 Å². The molecule has 0 saturated carbocycles. The fourth-order valence-corrected chi connectivity index (χ4v) is 4.40. The normalized spacial score (nSPS) is 11.5. The number of nitrogens with zero attached hydrogens (tertiary/aromatic N) is 1. The van der Waals surface area contributed by atoms with Gasteiger partial charge in [-0.3, -0.25) is 4.98 Å². The number of rotatable bonds is 9. The lowest BCUT2D eigenvalue weighted by molar-refractivity contribution is -0.137.